The van der Waals surface area contributed by atoms with Crippen LogP contribution in [-0.4, -0.2) is 13.1 Å². The van der Waals surface area contributed by atoms with E-state index >= 15 is 0 Å². The van der Waals surface area contributed by atoms with Crippen LogP contribution in [-0.2, 0) is 9.53 Å². The number of esters is 1. The third-order valence-electron chi connectivity index (χ3n) is 2.24. The molecular weight excluding hydrogens is 218 g/mol. The lowest BCUT2D eigenvalue weighted by Crippen LogP contribution is -2.09. The van der Waals surface area contributed by atoms with Gasteiger partial charge in [0.25, 0.3) is 0 Å². The van der Waals surface area contributed by atoms with Crippen molar-refractivity contribution in [1.82, 2.24) is 0 Å². The van der Waals surface area contributed by atoms with Crippen molar-refractivity contribution in [3.05, 3.63) is 29.8 Å². The van der Waals surface area contributed by atoms with Crippen molar-refractivity contribution in [1.29, 1.82) is 5.26 Å². The van der Waals surface area contributed by atoms with Crippen LogP contribution >= 0.6 is 0 Å². The van der Waals surface area contributed by atoms with Gasteiger partial charge in [0.05, 0.1) is 7.11 Å². The van der Waals surface area contributed by atoms with Crippen LogP contribution in [0.1, 0.15) is 31.4 Å². The highest BCUT2D eigenvalue weighted by Gasteiger charge is 2.15. The molecule has 1 rings (SSSR count). The summed E-state index contributed by atoms with van der Waals surface area (Å²) in [5.41, 5.74) is 0.651. The molecule has 0 aliphatic rings. The molecule has 90 valence electrons. The van der Waals surface area contributed by atoms with E-state index in [4.69, 9.17) is 14.7 Å². The maximum absolute atomic E-state index is 11.3. The second-order valence-electron chi connectivity index (χ2n) is 3.52. The molecule has 0 N–H and O–H groups in total. The van der Waals surface area contributed by atoms with Crippen LogP contribution in [0.2, 0.25) is 0 Å². The van der Waals surface area contributed by atoms with Gasteiger partial charge in [0.15, 0.2) is 0 Å². The van der Waals surface area contributed by atoms with Gasteiger partial charge < -0.3 is 9.47 Å². The largest absolute Gasteiger partial charge is 0.497 e. The van der Waals surface area contributed by atoms with Crippen LogP contribution in [0.3, 0.4) is 0 Å². The molecule has 0 aromatic heterocycles. The van der Waals surface area contributed by atoms with Gasteiger partial charge in [-0.1, -0.05) is 19.1 Å². The average Bonchev–Trinajstić information content (AvgIpc) is 2.36. The van der Waals surface area contributed by atoms with Gasteiger partial charge in [-0.2, -0.15) is 5.26 Å². The van der Waals surface area contributed by atoms with Crippen molar-refractivity contribution < 1.29 is 14.3 Å². The number of benzene rings is 1. The first-order valence-electron chi connectivity index (χ1n) is 5.44. The van der Waals surface area contributed by atoms with E-state index in [1.54, 1.807) is 31.4 Å². The van der Waals surface area contributed by atoms with Gasteiger partial charge in [-0.05, 0) is 18.6 Å². The van der Waals surface area contributed by atoms with Crippen LogP contribution in [0.15, 0.2) is 24.3 Å². The molecule has 0 spiro atoms. The van der Waals surface area contributed by atoms with Gasteiger partial charge >= 0.3 is 5.97 Å². The maximum Gasteiger partial charge on any atom is 0.307 e. The van der Waals surface area contributed by atoms with Gasteiger partial charge in [-0.3, -0.25) is 4.79 Å². The SMILES string of the molecule is CCCC(=O)OC(C#N)c1ccc(OC)cc1. The van der Waals surface area contributed by atoms with Gasteiger partial charge in [0.2, 0.25) is 6.10 Å². The number of rotatable bonds is 5. The molecule has 0 heterocycles. The van der Waals surface area contributed by atoms with E-state index in [0.717, 1.165) is 0 Å². The van der Waals surface area contributed by atoms with E-state index in [0.29, 0.717) is 24.2 Å². The maximum atomic E-state index is 11.3. The molecule has 0 saturated carbocycles. The molecular formula is C13H15NO3. The second-order valence-corrected chi connectivity index (χ2v) is 3.52. The Bertz CT molecular complexity index is 406. The summed E-state index contributed by atoms with van der Waals surface area (Å²) in [5.74, 6) is 0.347. The summed E-state index contributed by atoms with van der Waals surface area (Å²) in [7, 11) is 1.57. The molecule has 0 bridgehead atoms. The number of carbonyl (C=O) groups is 1. The Labute approximate surface area is 101 Å². The zero-order chi connectivity index (χ0) is 12.7. The quantitative estimate of drug-likeness (QED) is 0.733. The third-order valence-corrected chi connectivity index (χ3v) is 2.24. The first kappa shape index (κ1) is 13.0. The molecule has 17 heavy (non-hydrogen) atoms. The van der Waals surface area contributed by atoms with Crippen LogP contribution in [0.25, 0.3) is 0 Å². The van der Waals surface area contributed by atoms with Crippen LogP contribution in [0.4, 0.5) is 0 Å². The van der Waals surface area contributed by atoms with Crippen LogP contribution in [0.5, 0.6) is 5.75 Å². The lowest BCUT2D eigenvalue weighted by molar-refractivity contribution is -0.146. The Morgan fingerprint density at radius 1 is 1.41 bits per heavy atom. The fraction of sp³-hybridized carbons (Fsp3) is 0.385. The van der Waals surface area contributed by atoms with Gasteiger partial charge in [-0.15, -0.1) is 0 Å². The van der Waals surface area contributed by atoms with Crippen molar-refractivity contribution in [3.63, 3.8) is 0 Å². The van der Waals surface area contributed by atoms with E-state index < -0.39 is 6.10 Å². The zero-order valence-corrected chi connectivity index (χ0v) is 9.97. The van der Waals surface area contributed by atoms with Crippen molar-refractivity contribution in [3.8, 4) is 11.8 Å². The molecule has 1 atom stereocenters. The van der Waals surface area contributed by atoms with Crippen LogP contribution in [0, 0.1) is 11.3 Å². The molecule has 1 aromatic rings. The van der Waals surface area contributed by atoms with Crippen molar-refractivity contribution in [2.75, 3.05) is 7.11 Å². The predicted molar refractivity (Wildman–Crippen MR) is 62.3 cm³/mol. The number of nitriles is 1. The molecule has 4 heteroatoms. The van der Waals surface area contributed by atoms with Crippen LogP contribution < -0.4 is 4.74 Å². The van der Waals surface area contributed by atoms with Crippen molar-refractivity contribution >= 4 is 5.97 Å². The number of hydrogen-bond acceptors (Lipinski definition) is 4. The second kappa shape index (κ2) is 6.54. The fourth-order valence-electron chi connectivity index (χ4n) is 1.34. The lowest BCUT2D eigenvalue weighted by Gasteiger charge is -2.11. The molecule has 0 fully saturated rings. The Hall–Kier alpha value is -2.02. The minimum Gasteiger partial charge on any atom is -0.497 e. The number of methoxy groups -OCH3 is 1. The number of ether oxygens (including phenoxy) is 2. The van der Waals surface area contributed by atoms with Gasteiger partial charge in [-0.25, -0.2) is 0 Å². The monoisotopic (exact) mass is 233 g/mol. The molecule has 4 nitrogen and oxygen atoms in total. The Morgan fingerprint density at radius 3 is 2.53 bits per heavy atom. The molecule has 0 amide bonds. The summed E-state index contributed by atoms with van der Waals surface area (Å²) in [5, 5.41) is 8.96. The highest BCUT2D eigenvalue weighted by molar-refractivity contribution is 5.69. The topological polar surface area (TPSA) is 59.3 Å². The Kier molecular flexibility index (Phi) is 5.02. The summed E-state index contributed by atoms with van der Waals surface area (Å²) in [6, 6.07) is 8.85. The summed E-state index contributed by atoms with van der Waals surface area (Å²) < 4.78 is 10.1. The van der Waals surface area contributed by atoms with E-state index in [-0.39, 0.29) is 5.97 Å². The standard InChI is InChI=1S/C13H15NO3/c1-3-4-13(15)17-12(9-14)10-5-7-11(16-2)8-6-10/h5-8,12H,3-4H2,1-2H3. The highest BCUT2D eigenvalue weighted by atomic mass is 16.5. The first-order chi connectivity index (χ1) is 8.21. The van der Waals surface area contributed by atoms with E-state index in [1.165, 1.54) is 0 Å². The average molecular weight is 233 g/mol. The summed E-state index contributed by atoms with van der Waals surface area (Å²) in [6.45, 7) is 1.88. The smallest absolute Gasteiger partial charge is 0.307 e. The Balaban J connectivity index is 2.73. The molecule has 1 unspecified atom stereocenters. The molecule has 0 saturated heterocycles. The van der Waals surface area contributed by atoms with Gasteiger partial charge in [0.1, 0.15) is 11.8 Å². The minimum atomic E-state index is -0.847. The van der Waals surface area contributed by atoms with E-state index in [9.17, 15) is 4.79 Å². The predicted octanol–water partition coefficient (Wildman–Crippen LogP) is 2.60. The lowest BCUT2D eigenvalue weighted by atomic mass is 10.1. The van der Waals surface area contributed by atoms with Gasteiger partial charge in [0, 0.05) is 12.0 Å². The van der Waals surface area contributed by atoms with Crippen molar-refractivity contribution in [2.24, 2.45) is 0 Å². The van der Waals surface area contributed by atoms with E-state index in [2.05, 4.69) is 0 Å². The highest BCUT2D eigenvalue weighted by Crippen LogP contribution is 2.20. The summed E-state index contributed by atoms with van der Waals surface area (Å²) in [6.07, 6.45) is 0.188. The molecule has 0 aliphatic carbocycles. The first-order valence-corrected chi connectivity index (χ1v) is 5.44. The third kappa shape index (κ3) is 3.80. The number of nitrogens with zero attached hydrogens (tertiary/aromatic N) is 1. The molecule has 0 aliphatic heterocycles. The zero-order valence-electron chi connectivity index (χ0n) is 9.97. The fourth-order valence-corrected chi connectivity index (χ4v) is 1.34. The molecule has 1 aromatic carbocycles. The number of carbonyl (C=O) groups excluding carboxylic acids is 1. The normalized spacial score (nSPS) is 11.4. The summed E-state index contributed by atoms with van der Waals surface area (Å²) in [4.78, 5) is 11.3. The number of hydrogen-bond donors (Lipinski definition) is 0. The van der Waals surface area contributed by atoms with Crippen molar-refractivity contribution in [2.45, 2.75) is 25.9 Å². The molecule has 0 radical (unpaired) electrons. The van der Waals surface area contributed by atoms with E-state index in [1.807, 2.05) is 13.0 Å². The minimum absolute atomic E-state index is 0.328. The Morgan fingerprint density at radius 2 is 2.06 bits per heavy atom. The summed E-state index contributed by atoms with van der Waals surface area (Å²) >= 11 is 0.